The number of nitrogens with one attached hydrogen (secondary N) is 1. The summed E-state index contributed by atoms with van der Waals surface area (Å²) < 4.78 is 39.5. The van der Waals surface area contributed by atoms with Crippen molar-refractivity contribution in [2.75, 3.05) is 26.2 Å². The SMILES string of the molecule is C=C[C@H](c1ccc(Cl)cc1C(F)(F)F)N1CCNCC1. The second kappa shape index (κ2) is 6.16. The standard InChI is InChI=1S/C14H16ClF3N2/c1-2-13(20-7-5-19-6-8-20)11-4-3-10(15)9-12(11)14(16,17)18/h2-4,9,13,19H,1,5-8H2/t13-/m1/s1. The van der Waals surface area contributed by atoms with Gasteiger partial charge >= 0.3 is 6.18 Å². The predicted octanol–water partition coefficient (Wildman–Crippen LogP) is 3.49. The van der Waals surface area contributed by atoms with E-state index in [-0.39, 0.29) is 10.6 Å². The lowest BCUT2D eigenvalue weighted by Crippen LogP contribution is -2.45. The van der Waals surface area contributed by atoms with Crippen LogP contribution in [-0.2, 0) is 6.18 Å². The summed E-state index contributed by atoms with van der Waals surface area (Å²) in [7, 11) is 0. The van der Waals surface area contributed by atoms with Gasteiger partial charge in [-0.25, -0.2) is 0 Å². The van der Waals surface area contributed by atoms with E-state index in [9.17, 15) is 13.2 Å². The van der Waals surface area contributed by atoms with Gasteiger partial charge in [-0.05, 0) is 17.7 Å². The van der Waals surface area contributed by atoms with Crippen LogP contribution in [0.5, 0.6) is 0 Å². The summed E-state index contributed by atoms with van der Waals surface area (Å²) in [5.41, 5.74) is -0.479. The number of hydrogen-bond acceptors (Lipinski definition) is 2. The summed E-state index contributed by atoms with van der Waals surface area (Å²) in [4.78, 5) is 1.99. The molecule has 1 saturated heterocycles. The first-order chi connectivity index (χ1) is 9.43. The minimum atomic E-state index is -4.42. The number of alkyl halides is 3. The van der Waals surface area contributed by atoms with E-state index in [4.69, 9.17) is 11.6 Å². The highest BCUT2D eigenvalue weighted by Gasteiger charge is 2.36. The first-order valence-electron chi connectivity index (χ1n) is 6.37. The van der Waals surface area contributed by atoms with Crippen LogP contribution in [0, 0.1) is 0 Å². The third-order valence-corrected chi connectivity index (χ3v) is 3.64. The largest absolute Gasteiger partial charge is 0.416 e. The zero-order valence-electron chi connectivity index (χ0n) is 10.9. The van der Waals surface area contributed by atoms with Gasteiger partial charge in [-0.2, -0.15) is 13.2 Å². The van der Waals surface area contributed by atoms with Crippen molar-refractivity contribution >= 4 is 11.6 Å². The highest BCUT2D eigenvalue weighted by Crippen LogP contribution is 2.38. The molecule has 0 spiro atoms. The summed E-state index contributed by atoms with van der Waals surface area (Å²) >= 11 is 5.71. The highest BCUT2D eigenvalue weighted by atomic mass is 35.5. The Morgan fingerprint density at radius 1 is 1.30 bits per heavy atom. The van der Waals surface area contributed by atoms with Gasteiger partial charge < -0.3 is 5.32 Å². The number of piperazine rings is 1. The number of halogens is 4. The lowest BCUT2D eigenvalue weighted by molar-refractivity contribution is -0.138. The van der Waals surface area contributed by atoms with Crippen molar-refractivity contribution in [2.24, 2.45) is 0 Å². The molecule has 1 aromatic carbocycles. The fraction of sp³-hybridized carbons (Fsp3) is 0.429. The molecule has 2 rings (SSSR count). The Kier molecular flexibility index (Phi) is 4.73. The lowest BCUT2D eigenvalue weighted by atomic mass is 9.98. The maximum atomic E-state index is 13.2. The van der Waals surface area contributed by atoms with Crippen molar-refractivity contribution in [3.8, 4) is 0 Å². The van der Waals surface area contributed by atoms with Crippen molar-refractivity contribution in [3.05, 3.63) is 47.0 Å². The molecule has 1 aromatic rings. The van der Waals surface area contributed by atoms with E-state index in [1.165, 1.54) is 12.1 Å². The molecule has 1 fully saturated rings. The maximum absolute atomic E-state index is 13.2. The maximum Gasteiger partial charge on any atom is 0.416 e. The Morgan fingerprint density at radius 2 is 1.95 bits per heavy atom. The molecule has 0 aliphatic carbocycles. The molecule has 20 heavy (non-hydrogen) atoms. The zero-order chi connectivity index (χ0) is 14.8. The first-order valence-corrected chi connectivity index (χ1v) is 6.75. The molecule has 0 saturated carbocycles. The quantitative estimate of drug-likeness (QED) is 0.860. The summed E-state index contributed by atoms with van der Waals surface area (Å²) in [6.45, 7) is 6.60. The topological polar surface area (TPSA) is 15.3 Å². The smallest absolute Gasteiger partial charge is 0.314 e. The summed E-state index contributed by atoms with van der Waals surface area (Å²) in [6, 6.07) is 3.46. The molecular weight excluding hydrogens is 289 g/mol. The summed E-state index contributed by atoms with van der Waals surface area (Å²) in [5.74, 6) is 0. The fourth-order valence-electron chi connectivity index (χ4n) is 2.46. The Labute approximate surface area is 121 Å². The van der Waals surface area contributed by atoms with Crippen LogP contribution in [0.3, 0.4) is 0 Å². The van der Waals surface area contributed by atoms with Gasteiger partial charge in [0.15, 0.2) is 0 Å². The highest BCUT2D eigenvalue weighted by molar-refractivity contribution is 6.30. The molecule has 1 N–H and O–H groups in total. The molecular formula is C14H16ClF3N2. The molecule has 1 heterocycles. The van der Waals surface area contributed by atoms with Gasteiger partial charge in [0.1, 0.15) is 0 Å². The normalized spacial score (nSPS) is 18.8. The lowest BCUT2D eigenvalue weighted by Gasteiger charge is -2.34. The van der Waals surface area contributed by atoms with Gasteiger partial charge in [-0.3, -0.25) is 4.90 Å². The summed E-state index contributed by atoms with van der Waals surface area (Å²) in [6.07, 6.45) is -2.86. The van der Waals surface area contributed by atoms with Crippen LogP contribution in [0.2, 0.25) is 5.02 Å². The molecule has 1 atom stereocenters. The van der Waals surface area contributed by atoms with Crippen molar-refractivity contribution in [2.45, 2.75) is 12.2 Å². The van der Waals surface area contributed by atoms with Crippen LogP contribution < -0.4 is 5.32 Å². The number of hydrogen-bond donors (Lipinski definition) is 1. The van der Waals surface area contributed by atoms with Gasteiger partial charge in [0.25, 0.3) is 0 Å². The van der Waals surface area contributed by atoms with Crippen LogP contribution in [0.1, 0.15) is 17.2 Å². The van der Waals surface area contributed by atoms with Crippen molar-refractivity contribution in [1.29, 1.82) is 0 Å². The average molecular weight is 305 g/mol. The number of nitrogens with zero attached hydrogens (tertiary/aromatic N) is 1. The third kappa shape index (κ3) is 3.34. The van der Waals surface area contributed by atoms with Crippen molar-refractivity contribution < 1.29 is 13.2 Å². The third-order valence-electron chi connectivity index (χ3n) is 3.41. The zero-order valence-corrected chi connectivity index (χ0v) is 11.6. The van der Waals surface area contributed by atoms with Gasteiger partial charge in [0.2, 0.25) is 0 Å². The minimum absolute atomic E-state index is 0.0872. The molecule has 0 aromatic heterocycles. The van der Waals surface area contributed by atoms with Gasteiger partial charge in [0, 0.05) is 31.2 Å². The second-order valence-electron chi connectivity index (χ2n) is 4.70. The molecule has 1 aliphatic rings. The van der Waals surface area contributed by atoms with E-state index < -0.39 is 17.8 Å². The van der Waals surface area contributed by atoms with Crippen LogP contribution in [0.4, 0.5) is 13.2 Å². The summed E-state index contributed by atoms with van der Waals surface area (Å²) in [5, 5.41) is 3.27. The predicted molar refractivity (Wildman–Crippen MR) is 73.8 cm³/mol. The Balaban J connectivity index is 2.40. The van der Waals surface area contributed by atoms with E-state index in [1.54, 1.807) is 6.08 Å². The van der Waals surface area contributed by atoms with Gasteiger partial charge in [-0.1, -0.05) is 23.7 Å². The van der Waals surface area contributed by atoms with E-state index in [0.29, 0.717) is 13.1 Å². The Hall–Kier alpha value is -1.04. The van der Waals surface area contributed by atoms with E-state index in [2.05, 4.69) is 11.9 Å². The average Bonchev–Trinajstić information content (AvgIpc) is 2.41. The number of rotatable bonds is 3. The molecule has 1 aliphatic heterocycles. The number of benzene rings is 1. The van der Waals surface area contributed by atoms with E-state index in [1.807, 2.05) is 4.90 Å². The van der Waals surface area contributed by atoms with Crippen LogP contribution in [0.25, 0.3) is 0 Å². The van der Waals surface area contributed by atoms with Gasteiger partial charge in [0.05, 0.1) is 11.6 Å². The second-order valence-corrected chi connectivity index (χ2v) is 5.13. The van der Waals surface area contributed by atoms with Crippen molar-refractivity contribution in [3.63, 3.8) is 0 Å². The molecule has 0 bridgehead atoms. The van der Waals surface area contributed by atoms with E-state index >= 15 is 0 Å². The first kappa shape index (κ1) is 15.4. The van der Waals surface area contributed by atoms with Gasteiger partial charge in [-0.15, -0.1) is 6.58 Å². The van der Waals surface area contributed by atoms with E-state index in [0.717, 1.165) is 19.2 Å². The Bertz CT molecular complexity index is 482. The minimum Gasteiger partial charge on any atom is -0.314 e. The molecule has 110 valence electrons. The molecule has 6 heteroatoms. The molecule has 2 nitrogen and oxygen atoms in total. The Morgan fingerprint density at radius 3 is 2.50 bits per heavy atom. The van der Waals surface area contributed by atoms with Crippen LogP contribution in [0.15, 0.2) is 30.9 Å². The van der Waals surface area contributed by atoms with Crippen molar-refractivity contribution in [1.82, 2.24) is 10.2 Å². The monoisotopic (exact) mass is 304 g/mol. The fourth-order valence-corrected chi connectivity index (χ4v) is 2.64. The molecule has 0 amide bonds. The van der Waals surface area contributed by atoms with Crippen LogP contribution in [-0.4, -0.2) is 31.1 Å². The molecule has 0 unspecified atom stereocenters. The van der Waals surface area contributed by atoms with Crippen LogP contribution >= 0.6 is 11.6 Å². The molecule has 0 radical (unpaired) electrons.